The molecule has 4 aromatic rings. The average molecular weight is 468 g/mol. The van der Waals surface area contributed by atoms with E-state index in [1.807, 2.05) is 25.1 Å². The summed E-state index contributed by atoms with van der Waals surface area (Å²) in [5.41, 5.74) is 2.59. The molecule has 0 aliphatic heterocycles. The molecule has 0 saturated heterocycles. The zero-order valence-corrected chi connectivity index (χ0v) is 19.3. The lowest BCUT2D eigenvalue weighted by atomic mass is 10.1. The number of aromatic nitrogens is 3. The van der Waals surface area contributed by atoms with E-state index >= 15 is 0 Å². The van der Waals surface area contributed by atoms with Crippen molar-refractivity contribution in [2.24, 2.45) is 0 Å². The standard InChI is InChI=1S/C23H25N5O2S2/c1-13-19(22-27-15-6-2-3-7-18(15)32-22)21(26-16-8-9-17(29)20(16)30)28-23(25-13)24-11-10-14-5-4-12-31-14/h2-7,12,16-17,20,29-30H,8-11H2,1H3,(H2,24,25,26,28)/t16-,17-,20+/m1/s1. The number of hydrogen-bond acceptors (Lipinski definition) is 9. The predicted octanol–water partition coefficient (Wildman–Crippen LogP) is 4.07. The Morgan fingerprint density at radius 2 is 1.94 bits per heavy atom. The van der Waals surface area contributed by atoms with Crippen molar-refractivity contribution >= 4 is 44.7 Å². The van der Waals surface area contributed by atoms with Crippen molar-refractivity contribution in [2.75, 3.05) is 17.2 Å². The van der Waals surface area contributed by atoms with Crippen LogP contribution >= 0.6 is 22.7 Å². The largest absolute Gasteiger partial charge is 0.390 e. The fourth-order valence-electron chi connectivity index (χ4n) is 4.04. The molecule has 1 aromatic carbocycles. The van der Waals surface area contributed by atoms with Gasteiger partial charge in [0.1, 0.15) is 10.8 Å². The van der Waals surface area contributed by atoms with Gasteiger partial charge in [-0.05, 0) is 49.8 Å². The Morgan fingerprint density at radius 3 is 2.69 bits per heavy atom. The van der Waals surface area contributed by atoms with Crippen LogP contribution in [0.25, 0.3) is 20.8 Å². The Kier molecular flexibility index (Phi) is 6.05. The fourth-order valence-corrected chi connectivity index (χ4v) is 5.81. The van der Waals surface area contributed by atoms with Crippen LogP contribution in [-0.2, 0) is 6.42 Å². The smallest absolute Gasteiger partial charge is 0.224 e. The van der Waals surface area contributed by atoms with E-state index in [9.17, 15) is 10.2 Å². The van der Waals surface area contributed by atoms with Crippen molar-refractivity contribution in [3.8, 4) is 10.6 Å². The molecule has 3 aromatic heterocycles. The molecule has 0 bridgehead atoms. The molecule has 0 radical (unpaired) electrons. The first-order valence-electron chi connectivity index (χ1n) is 10.7. The van der Waals surface area contributed by atoms with Crippen molar-refractivity contribution in [1.29, 1.82) is 0 Å². The maximum absolute atomic E-state index is 10.4. The van der Waals surface area contributed by atoms with Gasteiger partial charge in [-0.1, -0.05) is 18.2 Å². The maximum Gasteiger partial charge on any atom is 0.224 e. The molecule has 1 saturated carbocycles. The molecule has 4 N–H and O–H groups in total. The third kappa shape index (κ3) is 4.33. The Morgan fingerprint density at radius 1 is 1.06 bits per heavy atom. The van der Waals surface area contributed by atoms with Crippen molar-refractivity contribution in [3.63, 3.8) is 0 Å². The molecule has 5 rings (SSSR count). The molecule has 166 valence electrons. The van der Waals surface area contributed by atoms with Crippen LogP contribution in [0.1, 0.15) is 23.4 Å². The first-order valence-corrected chi connectivity index (χ1v) is 12.4. The van der Waals surface area contributed by atoms with Crippen LogP contribution in [-0.4, -0.2) is 50.0 Å². The second kappa shape index (κ2) is 9.11. The fraction of sp³-hybridized carbons (Fsp3) is 0.348. The number of aliphatic hydroxyl groups is 2. The zero-order chi connectivity index (χ0) is 22.1. The normalized spacial score (nSPS) is 20.7. The van der Waals surface area contributed by atoms with Gasteiger partial charge in [-0.15, -0.1) is 22.7 Å². The summed E-state index contributed by atoms with van der Waals surface area (Å²) in [6.07, 6.45) is 0.584. The summed E-state index contributed by atoms with van der Waals surface area (Å²) in [6, 6.07) is 11.9. The van der Waals surface area contributed by atoms with E-state index in [-0.39, 0.29) is 6.04 Å². The lowest BCUT2D eigenvalue weighted by molar-refractivity contribution is 0.0391. The first-order chi connectivity index (χ1) is 15.6. The maximum atomic E-state index is 10.4. The van der Waals surface area contributed by atoms with Gasteiger partial charge in [-0.25, -0.2) is 9.97 Å². The van der Waals surface area contributed by atoms with Gasteiger partial charge in [0.25, 0.3) is 0 Å². The molecule has 7 nitrogen and oxygen atoms in total. The van der Waals surface area contributed by atoms with Crippen molar-refractivity contribution in [1.82, 2.24) is 15.0 Å². The molecule has 0 spiro atoms. The number of aliphatic hydroxyl groups excluding tert-OH is 2. The topological polar surface area (TPSA) is 103 Å². The van der Waals surface area contributed by atoms with E-state index in [0.717, 1.165) is 39.4 Å². The molecule has 32 heavy (non-hydrogen) atoms. The summed E-state index contributed by atoms with van der Waals surface area (Å²) >= 11 is 3.33. The van der Waals surface area contributed by atoms with Gasteiger partial charge in [0.15, 0.2) is 0 Å². The molecule has 1 aliphatic carbocycles. The van der Waals surface area contributed by atoms with Gasteiger partial charge < -0.3 is 20.8 Å². The van der Waals surface area contributed by atoms with Gasteiger partial charge in [-0.3, -0.25) is 0 Å². The van der Waals surface area contributed by atoms with Crippen molar-refractivity contribution in [2.45, 2.75) is 44.4 Å². The molecule has 1 aliphatic rings. The number of para-hydroxylation sites is 1. The number of nitrogens with zero attached hydrogens (tertiary/aromatic N) is 3. The predicted molar refractivity (Wildman–Crippen MR) is 131 cm³/mol. The zero-order valence-electron chi connectivity index (χ0n) is 17.7. The number of fused-ring (bicyclic) bond motifs is 1. The monoisotopic (exact) mass is 467 g/mol. The summed E-state index contributed by atoms with van der Waals surface area (Å²) in [5, 5.41) is 30.0. The van der Waals surface area contributed by atoms with Crippen LogP contribution < -0.4 is 10.6 Å². The SMILES string of the molecule is Cc1nc(NCCc2cccs2)nc(N[C@@H]2CC[C@@H](O)[C@H]2O)c1-c1nc2ccccc2s1. The lowest BCUT2D eigenvalue weighted by Gasteiger charge is -2.21. The minimum absolute atomic E-state index is 0.272. The summed E-state index contributed by atoms with van der Waals surface area (Å²) in [5.74, 6) is 1.17. The third-order valence-electron chi connectivity index (χ3n) is 5.73. The van der Waals surface area contributed by atoms with Crippen molar-refractivity contribution in [3.05, 3.63) is 52.3 Å². The van der Waals surface area contributed by atoms with Gasteiger partial charge >= 0.3 is 0 Å². The van der Waals surface area contributed by atoms with Crippen LogP contribution in [0.2, 0.25) is 0 Å². The van der Waals surface area contributed by atoms with Crippen LogP contribution in [0.4, 0.5) is 11.8 Å². The van der Waals surface area contributed by atoms with Crippen molar-refractivity contribution < 1.29 is 10.2 Å². The minimum atomic E-state index is -0.830. The van der Waals surface area contributed by atoms with Crippen LogP contribution in [0.15, 0.2) is 41.8 Å². The Bertz CT molecular complexity index is 1180. The summed E-state index contributed by atoms with van der Waals surface area (Å²) in [6.45, 7) is 2.68. The number of aryl methyl sites for hydroxylation is 1. The van der Waals surface area contributed by atoms with Gasteiger partial charge in [-0.2, -0.15) is 4.98 Å². The number of thiophene rings is 1. The summed E-state index contributed by atoms with van der Waals surface area (Å²) in [7, 11) is 0. The van der Waals surface area contributed by atoms with Gasteiger partial charge in [0.2, 0.25) is 5.95 Å². The quantitative estimate of drug-likeness (QED) is 0.325. The number of thiazole rings is 1. The summed E-state index contributed by atoms with van der Waals surface area (Å²) in [4.78, 5) is 15.6. The van der Waals surface area contributed by atoms with E-state index in [2.05, 4.69) is 34.2 Å². The lowest BCUT2D eigenvalue weighted by Crippen LogP contribution is -2.34. The molecule has 3 atom stereocenters. The summed E-state index contributed by atoms with van der Waals surface area (Å²) < 4.78 is 1.10. The van der Waals surface area contributed by atoms with Crippen LogP contribution in [0.5, 0.6) is 0 Å². The highest BCUT2D eigenvalue weighted by Gasteiger charge is 2.34. The van der Waals surface area contributed by atoms with Gasteiger partial charge in [0, 0.05) is 11.4 Å². The number of hydrogen-bond donors (Lipinski definition) is 4. The second-order valence-electron chi connectivity index (χ2n) is 7.99. The van der Waals surface area contributed by atoms with E-state index in [1.165, 1.54) is 4.88 Å². The second-order valence-corrected chi connectivity index (χ2v) is 10.0. The highest BCUT2D eigenvalue weighted by molar-refractivity contribution is 7.21. The van der Waals surface area contributed by atoms with E-state index in [0.29, 0.717) is 24.6 Å². The molecule has 0 amide bonds. The molecule has 0 unspecified atom stereocenters. The van der Waals surface area contributed by atoms with Crippen LogP contribution in [0.3, 0.4) is 0 Å². The van der Waals surface area contributed by atoms with E-state index in [1.54, 1.807) is 22.7 Å². The molecule has 9 heteroatoms. The molecule has 3 heterocycles. The number of benzene rings is 1. The van der Waals surface area contributed by atoms with E-state index < -0.39 is 12.2 Å². The Hall–Kier alpha value is -2.59. The number of rotatable bonds is 7. The van der Waals surface area contributed by atoms with E-state index in [4.69, 9.17) is 15.0 Å². The minimum Gasteiger partial charge on any atom is -0.390 e. The Balaban J connectivity index is 1.47. The van der Waals surface area contributed by atoms with Crippen LogP contribution in [0, 0.1) is 6.92 Å². The third-order valence-corrected chi connectivity index (χ3v) is 7.72. The molecular formula is C23H25N5O2S2. The molecule has 1 fully saturated rings. The first kappa shape index (κ1) is 21.3. The number of anilines is 2. The highest BCUT2D eigenvalue weighted by atomic mass is 32.1. The average Bonchev–Trinajstić information content (AvgIpc) is 3.51. The Labute approximate surface area is 194 Å². The van der Waals surface area contributed by atoms with Gasteiger partial charge in [0.05, 0.1) is 39.7 Å². The number of nitrogens with one attached hydrogen (secondary N) is 2. The molecular weight excluding hydrogens is 442 g/mol. The highest BCUT2D eigenvalue weighted by Crippen LogP contribution is 2.37.